The molecule has 0 aliphatic rings. The number of furan rings is 1. The molecule has 2 aromatic heterocycles. The number of nitrogens with zero attached hydrogens (tertiary/aromatic N) is 1. The zero-order valence-corrected chi connectivity index (χ0v) is 13.9. The molecule has 0 aliphatic heterocycles. The molecule has 1 atom stereocenters. The highest BCUT2D eigenvalue weighted by molar-refractivity contribution is 8.00. The summed E-state index contributed by atoms with van der Waals surface area (Å²) in [4.78, 5) is 16.8. The molecule has 4 nitrogen and oxygen atoms in total. The minimum atomic E-state index is -0.224. The normalized spacial score (nSPS) is 12.3. The number of aromatic nitrogens is 1. The number of aryl methyl sites for hydroxylation is 1. The van der Waals surface area contributed by atoms with Gasteiger partial charge in [-0.25, -0.2) is 4.98 Å². The lowest BCUT2D eigenvalue weighted by molar-refractivity contribution is -0.120. The van der Waals surface area contributed by atoms with Crippen molar-refractivity contribution in [2.75, 3.05) is 0 Å². The highest BCUT2D eigenvalue weighted by atomic mass is 32.2. The minimum absolute atomic E-state index is 0.0287. The summed E-state index contributed by atoms with van der Waals surface area (Å²) in [7, 11) is 0. The molecule has 0 aliphatic carbocycles. The van der Waals surface area contributed by atoms with Crippen LogP contribution in [-0.4, -0.2) is 16.1 Å². The fourth-order valence-corrected chi connectivity index (χ4v) is 3.29. The number of hydrogen-bond donors (Lipinski definition) is 1. The van der Waals surface area contributed by atoms with Gasteiger partial charge >= 0.3 is 0 Å². The molecule has 23 heavy (non-hydrogen) atoms. The lowest BCUT2D eigenvalue weighted by atomic mass is 10.1. The summed E-state index contributed by atoms with van der Waals surface area (Å²) in [6.45, 7) is 4.35. The van der Waals surface area contributed by atoms with Crippen molar-refractivity contribution in [3.8, 4) is 0 Å². The second kappa shape index (κ2) is 6.87. The number of para-hydroxylation sites is 1. The number of nitrogens with one attached hydrogen (secondary N) is 1. The van der Waals surface area contributed by atoms with Crippen LogP contribution in [0.3, 0.4) is 0 Å². The number of carbonyl (C=O) groups excluding carboxylic acids is 1. The van der Waals surface area contributed by atoms with Crippen LogP contribution in [0.1, 0.15) is 18.2 Å². The number of amides is 1. The maximum Gasteiger partial charge on any atom is 0.233 e. The number of rotatable bonds is 5. The molecule has 0 radical (unpaired) electrons. The molecule has 1 amide bonds. The lowest BCUT2D eigenvalue weighted by Gasteiger charge is -2.12. The van der Waals surface area contributed by atoms with Gasteiger partial charge in [0.25, 0.3) is 0 Å². The number of benzene rings is 1. The van der Waals surface area contributed by atoms with Crippen LogP contribution in [0.5, 0.6) is 0 Å². The molecule has 5 heteroatoms. The van der Waals surface area contributed by atoms with Gasteiger partial charge in [-0.1, -0.05) is 30.0 Å². The number of thioether (sulfide) groups is 1. The lowest BCUT2D eigenvalue weighted by Crippen LogP contribution is -2.30. The minimum Gasteiger partial charge on any atom is -0.467 e. The van der Waals surface area contributed by atoms with E-state index in [1.807, 2.05) is 37.3 Å². The first-order chi connectivity index (χ1) is 11.1. The van der Waals surface area contributed by atoms with E-state index in [0.717, 1.165) is 21.7 Å². The van der Waals surface area contributed by atoms with E-state index < -0.39 is 0 Å². The Balaban J connectivity index is 1.67. The van der Waals surface area contributed by atoms with E-state index in [0.29, 0.717) is 6.54 Å². The van der Waals surface area contributed by atoms with Crippen LogP contribution in [-0.2, 0) is 11.3 Å². The van der Waals surface area contributed by atoms with Gasteiger partial charge in [-0.05, 0) is 43.7 Å². The molecule has 0 saturated heterocycles. The molecule has 2 heterocycles. The molecule has 1 N–H and O–H groups in total. The van der Waals surface area contributed by atoms with Gasteiger partial charge in [0.15, 0.2) is 0 Å². The summed E-state index contributed by atoms with van der Waals surface area (Å²) >= 11 is 1.46. The van der Waals surface area contributed by atoms with E-state index >= 15 is 0 Å². The molecule has 0 fully saturated rings. The SMILES string of the molecule is Cc1cc(S[C@@H](C)C(=O)NCc2ccco2)nc2ccccc12. The average molecular weight is 326 g/mol. The Morgan fingerprint density at radius 2 is 2.13 bits per heavy atom. The summed E-state index contributed by atoms with van der Waals surface area (Å²) in [5.41, 5.74) is 2.12. The third-order valence-corrected chi connectivity index (χ3v) is 4.60. The van der Waals surface area contributed by atoms with Gasteiger partial charge < -0.3 is 9.73 Å². The van der Waals surface area contributed by atoms with Crippen molar-refractivity contribution < 1.29 is 9.21 Å². The van der Waals surface area contributed by atoms with Gasteiger partial charge in [0.1, 0.15) is 5.76 Å². The standard InChI is InChI=1S/C18H18N2O2S/c1-12-10-17(20-16-8-4-3-7-15(12)16)23-13(2)18(21)19-11-14-6-5-9-22-14/h3-10,13H,11H2,1-2H3,(H,19,21)/t13-/m0/s1. The van der Waals surface area contributed by atoms with Crippen molar-refractivity contribution in [2.24, 2.45) is 0 Å². The summed E-state index contributed by atoms with van der Waals surface area (Å²) in [5.74, 6) is 0.717. The predicted octanol–water partition coefficient (Wildman–Crippen LogP) is 3.93. The second-order valence-electron chi connectivity index (χ2n) is 5.35. The summed E-state index contributed by atoms with van der Waals surface area (Å²) < 4.78 is 5.21. The van der Waals surface area contributed by atoms with Gasteiger partial charge in [0.2, 0.25) is 5.91 Å². The van der Waals surface area contributed by atoms with E-state index in [2.05, 4.69) is 23.3 Å². The predicted molar refractivity (Wildman–Crippen MR) is 92.4 cm³/mol. The average Bonchev–Trinajstić information content (AvgIpc) is 3.06. The summed E-state index contributed by atoms with van der Waals surface area (Å²) in [6.07, 6.45) is 1.60. The largest absolute Gasteiger partial charge is 0.467 e. The molecule has 3 rings (SSSR count). The Labute approximate surface area is 139 Å². The second-order valence-corrected chi connectivity index (χ2v) is 6.71. The molecule has 0 spiro atoms. The van der Waals surface area contributed by atoms with E-state index in [9.17, 15) is 4.79 Å². The van der Waals surface area contributed by atoms with Crippen LogP contribution in [0.4, 0.5) is 0 Å². The number of carbonyl (C=O) groups is 1. The van der Waals surface area contributed by atoms with Gasteiger partial charge in [0, 0.05) is 5.39 Å². The molecule has 0 saturated carbocycles. The van der Waals surface area contributed by atoms with Gasteiger partial charge in [0.05, 0.1) is 28.6 Å². The fraction of sp³-hybridized carbons (Fsp3) is 0.222. The molecule has 1 aromatic carbocycles. The Kier molecular flexibility index (Phi) is 4.67. The first-order valence-electron chi connectivity index (χ1n) is 7.46. The monoisotopic (exact) mass is 326 g/mol. The van der Waals surface area contributed by atoms with Crippen molar-refractivity contribution in [1.29, 1.82) is 0 Å². The van der Waals surface area contributed by atoms with Crippen LogP contribution in [0, 0.1) is 6.92 Å². The topological polar surface area (TPSA) is 55.1 Å². The summed E-state index contributed by atoms with van der Waals surface area (Å²) in [5, 5.41) is 4.66. The van der Waals surface area contributed by atoms with Crippen LogP contribution < -0.4 is 5.32 Å². The fourth-order valence-electron chi connectivity index (χ4n) is 2.34. The van der Waals surface area contributed by atoms with E-state index in [1.165, 1.54) is 17.3 Å². The molecular formula is C18H18N2O2S. The first-order valence-corrected chi connectivity index (χ1v) is 8.34. The molecule has 0 unspecified atom stereocenters. The Bertz CT molecular complexity index is 815. The zero-order chi connectivity index (χ0) is 16.2. The van der Waals surface area contributed by atoms with Crippen LogP contribution >= 0.6 is 11.8 Å². The van der Waals surface area contributed by atoms with Crippen LogP contribution in [0.15, 0.2) is 58.2 Å². The summed E-state index contributed by atoms with van der Waals surface area (Å²) in [6, 6.07) is 13.7. The molecule has 3 aromatic rings. The van der Waals surface area contributed by atoms with Crippen molar-refractivity contribution in [3.63, 3.8) is 0 Å². The maximum atomic E-state index is 12.2. The highest BCUT2D eigenvalue weighted by Crippen LogP contribution is 2.26. The van der Waals surface area contributed by atoms with E-state index in [-0.39, 0.29) is 11.2 Å². The quantitative estimate of drug-likeness (QED) is 0.722. The van der Waals surface area contributed by atoms with Crippen molar-refractivity contribution in [2.45, 2.75) is 30.7 Å². The number of pyridine rings is 1. The Morgan fingerprint density at radius 1 is 1.30 bits per heavy atom. The van der Waals surface area contributed by atoms with Crippen LogP contribution in [0.2, 0.25) is 0 Å². The first kappa shape index (κ1) is 15.6. The van der Waals surface area contributed by atoms with E-state index in [4.69, 9.17) is 4.42 Å². The van der Waals surface area contributed by atoms with Gasteiger partial charge in [-0.3, -0.25) is 4.79 Å². The molecule has 0 bridgehead atoms. The smallest absolute Gasteiger partial charge is 0.233 e. The van der Waals surface area contributed by atoms with Crippen molar-refractivity contribution in [1.82, 2.24) is 10.3 Å². The van der Waals surface area contributed by atoms with Crippen molar-refractivity contribution >= 4 is 28.6 Å². The zero-order valence-electron chi connectivity index (χ0n) is 13.1. The Morgan fingerprint density at radius 3 is 2.91 bits per heavy atom. The Hall–Kier alpha value is -2.27. The van der Waals surface area contributed by atoms with Crippen LogP contribution in [0.25, 0.3) is 10.9 Å². The molecule has 118 valence electrons. The molecular weight excluding hydrogens is 308 g/mol. The van der Waals surface area contributed by atoms with Gasteiger partial charge in [-0.15, -0.1) is 0 Å². The van der Waals surface area contributed by atoms with Crippen molar-refractivity contribution in [3.05, 3.63) is 60.1 Å². The third-order valence-electron chi connectivity index (χ3n) is 3.58. The highest BCUT2D eigenvalue weighted by Gasteiger charge is 2.16. The number of fused-ring (bicyclic) bond motifs is 1. The number of hydrogen-bond acceptors (Lipinski definition) is 4. The van der Waals surface area contributed by atoms with Gasteiger partial charge in [-0.2, -0.15) is 0 Å². The third kappa shape index (κ3) is 3.74. The maximum absolute atomic E-state index is 12.2. The van der Waals surface area contributed by atoms with E-state index in [1.54, 1.807) is 12.3 Å².